The SMILES string of the molecule is CCC1CC1Nc1cc(C)nc2ccc(N)cc12. The Bertz CT molecular complexity index is 592. The van der Waals surface area contributed by atoms with Gasteiger partial charge < -0.3 is 11.1 Å². The molecule has 2 atom stereocenters. The Morgan fingerprint density at radius 2 is 2.22 bits per heavy atom. The number of aromatic nitrogens is 1. The van der Waals surface area contributed by atoms with E-state index in [0.29, 0.717) is 6.04 Å². The van der Waals surface area contributed by atoms with Gasteiger partial charge in [-0.3, -0.25) is 4.98 Å². The molecule has 0 spiro atoms. The Labute approximate surface area is 107 Å². The summed E-state index contributed by atoms with van der Waals surface area (Å²) in [7, 11) is 0. The number of nitrogens with two attached hydrogens (primary N) is 1. The van der Waals surface area contributed by atoms with Gasteiger partial charge in [-0.1, -0.05) is 13.3 Å². The number of anilines is 2. The number of nitrogens with zero attached hydrogens (tertiary/aromatic N) is 1. The molecule has 2 unspecified atom stereocenters. The minimum Gasteiger partial charge on any atom is -0.399 e. The largest absolute Gasteiger partial charge is 0.399 e. The Kier molecular flexibility index (Phi) is 2.62. The van der Waals surface area contributed by atoms with Crippen molar-refractivity contribution in [1.82, 2.24) is 4.98 Å². The molecule has 18 heavy (non-hydrogen) atoms. The third kappa shape index (κ3) is 2.01. The van der Waals surface area contributed by atoms with Gasteiger partial charge >= 0.3 is 0 Å². The molecule has 1 aromatic heterocycles. The highest BCUT2D eigenvalue weighted by molar-refractivity contribution is 5.93. The van der Waals surface area contributed by atoms with E-state index in [9.17, 15) is 0 Å². The van der Waals surface area contributed by atoms with E-state index in [0.717, 1.165) is 28.2 Å². The lowest BCUT2D eigenvalue weighted by Gasteiger charge is -2.11. The summed E-state index contributed by atoms with van der Waals surface area (Å²) in [5.41, 5.74) is 9.90. The predicted molar refractivity (Wildman–Crippen MR) is 76.7 cm³/mol. The highest BCUT2D eigenvalue weighted by Gasteiger charge is 2.35. The van der Waals surface area contributed by atoms with Crippen molar-refractivity contribution < 1.29 is 0 Å². The lowest BCUT2D eigenvalue weighted by atomic mass is 10.1. The summed E-state index contributed by atoms with van der Waals surface area (Å²) in [5.74, 6) is 0.828. The highest BCUT2D eigenvalue weighted by atomic mass is 15.0. The first kappa shape index (κ1) is 11.3. The zero-order valence-electron chi connectivity index (χ0n) is 10.9. The lowest BCUT2D eigenvalue weighted by molar-refractivity contribution is 0.775. The number of aryl methyl sites for hydroxylation is 1. The monoisotopic (exact) mass is 241 g/mol. The quantitative estimate of drug-likeness (QED) is 0.810. The molecule has 0 aliphatic heterocycles. The van der Waals surface area contributed by atoms with Crippen LogP contribution in [0.4, 0.5) is 11.4 Å². The third-order valence-corrected chi connectivity index (χ3v) is 3.75. The predicted octanol–water partition coefficient (Wildman–Crippen LogP) is 3.34. The molecule has 3 nitrogen and oxygen atoms in total. The van der Waals surface area contributed by atoms with Gasteiger partial charge in [-0.25, -0.2) is 0 Å². The van der Waals surface area contributed by atoms with Gasteiger partial charge in [0.15, 0.2) is 0 Å². The Morgan fingerprint density at radius 3 is 2.94 bits per heavy atom. The molecule has 3 N–H and O–H groups in total. The molecule has 3 heteroatoms. The molecule has 1 heterocycles. The fourth-order valence-corrected chi connectivity index (χ4v) is 2.57. The van der Waals surface area contributed by atoms with E-state index in [1.54, 1.807) is 0 Å². The molecule has 1 fully saturated rings. The second-order valence-corrected chi connectivity index (χ2v) is 5.24. The second kappa shape index (κ2) is 4.16. The number of nitrogen functional groups attached to an aromatic ring is 1. The molecule has 0 bridgehead atoms. The second-order valence-electron chi connectivity index (χ2n) is 5.24. The first-order chi connectivity index (χ1) is 8.67. The summed E-state index contributed by atoms with van der Waals surface area (Å²) in [4.78, 5) is 4.55. The molecule has 94 valence electrons. The maximum absolute atomic E-state index is 5.88. The molecule has 1 saturated carbocycles. The van der Waals surface area contributed by atoms with E-state index >= 15 is 0 Å². The smallest absolute Gasteiger partial charge is 0.0727 e. The van der Waals surface area contributed by atoms with Gasteiger partial charge in [-0.15, -0.1) is 0 Å². The van der Waals surface area contributed by atoms with E-state index in [1.165, 1.54) is 18.5 Å². The van der Waals surface area contributed by atoms with Crippen molar-refractivity contribution in [3.63, 3.8) is 0 Å². The van der Waals surface area contributed by atoms with Gasteiger partial charge in [0.2, 0.25) is 0 Å². The summed E-state index contributed by atoms with van der Waals surface area (Å²) >= 11 is 0. The van der Waals surface area contributed by atoms with Crippen molar-refractivity contribution in [3.05, 3.63) is 30.0 Å². The average molecular weight is 241 g/mol. The van der Waals surface area contributed by atoms with Crippen LogP contribution in [-0.2, 0) is 0 Å². The molecule has 0 radical (unpaired) electrons. The third-order valence-electron chi connectivity index (χ3n) is 3.75. The maximum Gasteiger partial charge on any atom is 0.0727 e. The zero-order chi connectivity index (χ0) is 12.7. The number of hydrogen-bond acceptors (Lipinski definition) is 3. The van der Waals surface area contributed by atoms with Crippen LogP contribution in [-0.4, -0.2) is 11.0 Å². The molecule has 3 rings (SSSR count). The van der Waals surface area contributed by atoms with Crippen molar-refractivity contribution in [3.8, 4) is 0 Å². The summed E-state index contributed by atoms with van der Waals surface area (Å²) < 4.78 is 0. The molecular weight excluding hydrogens is 222 g/mol. The number of fused-ring (bicyclic) bond motifs is 1. The van der Waals surface area contributed by atoms with Gasteiger partial charge in [0.25, 0.3) is 0 Å². The van der Waals surface area contributed by atoms with Gasteiger partial charge in [-0.2, -0.15) is 0 Å². The van der Waals surface area contributed by atoms with Crippen molar-refractivity contribution in [2.75, 3.05) is 11.1 Å². The summed E-state index contributed by atoms with van der Waals surface area (Å²) in [6.07, 6.45) is 2.53. The number of benzene rings is 1. The molecule has 0 amide bonds. The molecule has 1 aliphatic rings. The summed E-state index contributed by atoms with van der Waals surface area (Å²) in [5, 5.41) is 4.76. The van der Waals surface area contributed by atoms with E-state index in [-0.39, 0.29) is 0 Å². The number of rotatable bonds is 3. The Balaban J connectivity index is 2.01. The van der Waals surface area contributed by atoms with Crippen molar-refractivity contribution in [2.24, 2.45) is 5.92 Å². The van der Waals surface area contributed by atoms with Crippen LogP contribution in [0.2, 0.25) is 0 Å². The number of nitrogens with one attached hydrogen (secondary N) is 1. The van der Waals surface area contributed by atoms with Crippen molar-refractivity contribution >= 4 is 22.3 Å². The summed E-state index contributed by atoms with van der Waals surface area (Å²) in [6, 6.07) is 8.65. The zero-order valence-corrected chi connectivity index (χ0v) is 10.9. The maximum atomic E-state index is 5.88. The van der Waals surface area contributed by atoms with E-state index in [4.69, 9.17) is 5.73 Å². The first-order valence-corrected chi connectivity index (χ1v) is 6.61. The Hall–Kier alpha value is -1.77. The van der Waals surface area contributed by atoms with Crippen LogP contribution >= 0.6 is 0 Å². The van der Waals surface area contributed by atoms with Crippen LogP contribution in [0.1, 0.15) is 25.5 Å². The topological polar surface area (TPSA) is 50.9 Å². The normalized spacial score (nSPS) is 22.1. The van der Waals surface area contributed by atoms with Crippen LogP contribution in [0.25, 0.3) is 10.9 Å². The first-order valence-electron chi connectivity index (χ1n) is 6.61. The van der Waals surface area contributed by atoms with E-state index < -0.39 is 0 Å². The number of hydrogen-bond donors (Lipinski definition) is 2. The Morgan fingerprint density at radius 1 is 1.39 bits per heavy atom. The van der Waals surface area contributed by atoms with Crippen LogP contribution in [0, 0.1) is 12.8 Å². The summed E-state index contributed by atoms with van der Waals surface area (Å²) in [6.45, 7) is 4.28. The minimum absolute atomic E-state index is 0.626. The number of pyridine rings is 1. The van der Waals surface area contributed by atoms with Crippen LogP contribution in [0.15, 0.2) is 24.3 Å². The van der Waals surface area contributed by atoms with Crippen LogP contribution < -0.4 is 11.1 Å². The molecular formula is C15H19N3. The van der Waals surface area contributed by atoms with E-state index in [2.05, 4.69) is 23.3 Å². The fraction of sp³-hybridized carbons (Fsp3) is 0.400. The minimum atomic E-state index is 0.626. The van der Waals surface area contributed by atoms with Gasteiger partial charge in [-0.05, 0) is 43.5 Å². The molecule has 1 aromatic carbocycles. The van der Waals surface area contributed by atoms with Gasteiger partial charge in [0.1, 0.15) is 0 Å². The van der Waals surface area contributed by atoms with Crippen molar-refractivity contribution in [2.45, 2.75) is 32.7 Å². The molecule has 0 saturated heterocycles. The van der Waals surface area contributed by atoms with E-state index in [1.807, 2.05) is 25.1 Å². The van der Waals surface area contributed by atoms with Crippen LogP contribution in [0.5, 0.6) is 0 Å². The molecule has 2 aromatic rings. The standard InChI is InChI=1S/C15H19N3/c1-3-10-7-14(10)18-15-6-9(2)17-13-5-4-11(16)8-12(13)15/h4-6,8,10,14H,3,7,16H2,1-2H3,(H,17,18). The van der Waals surface area contributed by atoms with Gasteiger partial charge in [0.05, 0.1) is 5.52 Å². The van der Waals surface area contributed by atoms with Crippen molar-refractivity contribution in [1.29, 1.82) is 0 Å². The van der Waals surface area contributed by atoms with Crippen LogP contribution in [0.3, 0.4) is 0 Å². The van der Waals surface area contributed by atoms with Gasteiger partial charge in [0, 0.05) is 28.5 Å². The highest BCUT2D eigenvalue weighted by Crippen LogP contribution is 2.37. The average Bonchev–Trinajstić information content (AvgIpc) is 3.08. The fourth-order valence-electron chi connectivity index (χ4n) is 2.57. The lowest BCUT2D eigenvalue weighted by Crippen LogP contribution is -2.05. The molecule has 1 aliphatic carbocycles.